The molecular weight excluding hydrogens is 345 g/mol. The molecule has 0 aliphatic carbocycles. The van der Waals surface area contributed by atoms with E-state index in [-0.39, 0.29) is 0 Å². The second kappa shape index (κ2) is 6.88. The molecule has 24 heavy (non-hydrogen) atoms. The van der Waals surface area contributed by atoms with Crippen molar-refractivity contribution in [1.82, 2.24) is 4.98 Å². The van der Waals surface area contributed by atoms with E-state index in [4.69, 9.17) is 32.7 Å². The minimum absolute atomic E-state index is 0.330. The Morgan fingerprint density at radius 2 is 1.79 bits per heavy atom. The van der Waals surface area contributed by atoms with E-state index in [0.29, 0.717) is 27.9 Å². The third-order valence-electron chi connectivity index (χ3n) is 3.79. The Hall–Kier alpha value is -1.97. The van der Waals surface area contributed by atoms with Crippen LogP contribution < -0.4 is 9.47 Å². The summed E-state index contributed by atoms with van der Waals surface area (Å²) in [5, 5.41) is 1.82. The van der Waals surface area contributed by atoms with E-state index in [1.165, 1.54) is 0 Å². The van der Waals surface area contributed by atoms with Gasteiger partial charge in [-0.3, -0.25) is 0 Å². The number of nitrogens with zero attached hydrogens (tertiary/aromatic N) is 1. The normalized spacial score (nSPS) is 10.9. The molecule has 5 heteroatoms. The topological polar surface area (TPSA) is 31.4 Å². The van der Waals surface area contributed by atoms with E-state index >= 15 is 0 Å². The number of aryl methyl sites for hydroxylation is 2. The number of rotatable bonds is 4. The van der Waals surface area contributed by atoms with Crippen molar-refractivity contribution < 1.29 is 9.47 Å². The number of benzene rings is 2. The van der Waals surface area contributed by atoms with Crippen LogP contribution in [-0.4, -0.2) is 12.1 Å². The Labute approximate surface area is 151 Å². The van der Waals surface area contributed by atoms with E-state index in [0.717, 1.165) is 28.0 Å². The molecule has 0 N–H and O–H groups in total. The first kappa shape index (κ1) is 16.9. The summed E-state index contributed by atoms with van der Waals surface area (Å²) < 4.78 is 11.4. The lowest BCUT2D eigenvalue weighted by molar-refractivity contribution is 0.299. The third-order valence-corrected chi connectivity index (χ3v) is 4.38. The van der Waals surface area contributed by atoms with Gasteiger partial charge in [0.15, 0.2) is 5.75 Å². The Balaban J connectivity index is 2.02. The van der Waals surface area contributed by atoms with Crippen LogP contribution in [0.3, 0.4) is 0 Å². The highest BCUT2D eigenvalue weighted by atomic mass is 35.5. The quantitative estimate of drug-likeness (QED) is 0.593. The van der Waals surface area contributed by atoms with Crippen molar-refractivity contribution in [2.75, 3.05) is 7.11 Å². The molecule has 0 saturated carbocycles. The van der Waals surface area contributed by atoms with Gasteiger partial charge in [0.05, 0.1) is 17.2 Å². The number of aromatic nitrogens is 1. The standard InChI is InChI=1S/C19H17Cl2NO2/c1-11-4-7-17(23-3)13(8-11)10-24-19-16(21)9-15(20)14-6-5-12(2)22-18(14)19/h4-9H,10H2,1-3H3. The van der Waals surface area contributed by atoms with Crippen molar-refractivity contribution in [2.45, 2.75) is 20.5 Å². The Bertz CT molecular complexity index is 909. The highest BCUT2D eigenvalue weighted by molar-refractivity contribution is 6.39. The van der Waals surface area contributed by atoms with Crippen LogP contribution in [0, 0.1) is 13.8 Å². The van der Waals surface area contributed by atoms with Gasteiger partial charge in [0, 0.05) is 16.6 Å². The van der Waals surface area contributed by atoms with Crippen molar-refractivity contribution in [3.05, 3.63) is 63.3 Å². The molecular formula is C19H17Cl2NO2. The van der Waals surface area contributed by atoms with E-state index in [2.05, 4.69) is 4.98 Å². The molecule has 1 aromatic heterocycles. The summed E-state index contributed by atoms with van der Waals surface area (Å²) in [5.74, 6) is 1.31. The summed E-state index contributed by atoms with van der Waals surface area (Å²) in [4.78, 5) is 4.54. The summed E-state index contributed by atoms with van der Waals surface area (Å²) in [6.45, 7) is 4.27. The molecule has 0 fully saturated rings. The van der Waals surface area contributed by atoms with Crippen LogP contribution in [0.4, 0.5) is 0 Å². The summed E-state index contributed by atoms with van der Waals surface area (Å²) in [5.41, 5.74) is 3.62. The van der Waals surface area contributed by atoms with Gasteiger partial charge in [0.2, 0.25) is 0 Å². The van der Waals surface area contributed by atoms with Crippen LogP contribution in [0.1, 0.15) is 16.8 Å². The average Bonchev–Trinajstić information content (AvgIpc) is 2.54. The molecule has 2 aromatic carbocycles. The Morgan fingerprint density at radius 3 is 2.54 bits per heavy atom. The molecule has 0 aliphatic rings. The van der Waals surface area contributed by atoms with Gasteiger partial charge in [0.1, 0.15) is 17.9 Å². The van der Waals surface area contributed by atoms with Crippen LogP contribution >= 0.6 is 23.2 Å². The monoisotopic (exact) mass is 361 g/mol. The van der Waals surface area contributed by atoms with Crippen LogP contribution in [-0.2, 0) is 6.61 Å². The van der Waals surface area contributed by atoms with Crippen molar-refractivity contribution in [2.24, 2.45) is 0 Å². The molecule has 1 heterocycles. The fourth-order valence-corrected chi connectivity index (χ4v) is 3.17. The van der Waals surface area contributed by atoms with Gasteiger partial charge >= 0.3 is 0 Å². The van der Waals surface area contributed by atoms with Crippen molar-refractivity contribution in [3.8, 4) is 11.5 Å². The Morgan fingerprint density at radius 1 is 1.00 bits per heavy atom. The lowest BCUT2D eigenvalue weighted by Crippen LogP contribution is -2.01. The van der Waals surface area contributed by atoms with Gasteiger partial charge in [-0.05, 0) is 44.2 Å². The SMILES string of the molecule is COc1ccc(C)cc1COc1c(Cl)cc(Cl)c2ccc(C)nc12. The highest BCUT2D eigenvalue weighted by Crippen LogP contribution is 2.38. The molecule has 0 radical (unpaired) electrons. The number of fused-ring (bicyclic) bond motifs is 1. The first-order chi connectivity index (χ1) is 11.5. The molecule has 0 spiro atoms. The molecule has 0 bridgehead atoms. The number of methoxy groups -OCH3 is 1. The number of hydrogen-bond donors (Lipinski definition) is 0. The van der Waals surface area contributed by atoms with E-state index in [1.54, 1.807) is 13.2 Å². The number of pyridine rings is 1. The molecule has 0 unspecified atom stereocenters. The number of halogens is 2. The number of hydrogen-bond acceptors (Lipinski definition) is 3. The molecule has 0 saturated heterocycles. The summed E-state index contributed by atoms with van der Waals surface area (Å²) in [6, 6.07) is 11.5. The lowest BCUT2D eigenvalue weighted by atomic mass is 10.1. The number of ether oxygens (including phenoxy) is 2. The Kier molecular flexibility index (Phi) is 4.83. The van der Waals surface area contributed by atoms with Crippen molar-refractivity contribution in [3.63, 3.8) is 0 Å². The maximum absolute atomic E-state index is 6.35. The maximum atomic E-state index is 6.35. The molecule has 3 nitrogen and oxygen atoms in total. The van der Waals surface area contributed by atoms with Gasteiger partial charge in [0.25, 0.3) is 0 Å². The van der Waals surface area contributed by atoms with Gasteiger partial charge in [-0.2, -0.15) is 0 Å². The van der Waals surface area contributed by atoms with E-state index in [1.807, 2.05) is 44.2 Å². The van der Waals surface area contributed by atoms with Crippen LogP contribution in [0.15, 0.2) is 36.4 Å². The van der Waals surface area contributed by atoms with Crippen molar-refractivity contribution >= 4 is 34.1 Å². The summed E-state index contributed by atoms with van der Waals surface area (Å²) >= 11 is 12.6. The molecule has 0 aliphatic heterocycles. The van der Waals surface area contributed by atoms with Gasteiger partial charge in [-0.15, -0.1) is 0 Å². The molecule has 3 rings (SSSR count). The molecule has 0 atom stereocenters. The first-order valence-corrected chi connectivity index (χ1v) is 8.27. The zero-order chi connectivity index (χ0) is 17.3. The van der Waals surface area contributed by atoms with Gasteiger partial charge < -0.3 is 9.47 Å². The highest BCUT2D eigenvalue weighted by Gasteiger charge is 2.14. The molecule has 0 amide bonds. The second-order valence-electron chi connectivity index (χ2n) is 5.62. The molecule has 3 aromatic rings. The fourth-order valence-electron chi connectivity index (χ4n) is 2.60. The van der Waals surface area contributed by atoms with Gasteiger partial charge in [-0.1, -0.05) is 34.8 Å². The smallest absolute Gasteiger partial charge is 0.164 e. The van der Waals surface area contributed by atoms with Crippen LogP contribution in [0.2, 0.25) is 10.0 Å². The largest absolute Gasteiger partial charge is 0.496 e. The first-order valence-electron chi connectivity index (χ1n) is 7.51. The average molecular weight is 362 g/mol. The summed E-state index contributed by atoms with van der Waals surface area (Å²) in [7, 11) is 1.64. The zero-order valence-corrected chi connectivity index (χ0v) is 15.2. The third kappa shape index (κ3) is 3.28. The maximum Gasteiger partial charge on any atom is 0.164 e. The van der Waals surface area contributed by atoms with Crippen LogP contribution in [0.5, 0.6) is 11.5 Å². The zero-order valence-electron chi connectivity index (χ0n) is 13.7. The predicted molar refractivity (Wildman–Crippen MR) is 98.6 cm³/mol. The van der Waals surface area contributed by atoms with Crippen LogP contribution in [0.25, 0.3) is 10.9 Å². The molecule has 124 valence electrons. The van der Waals surface area contributed by atoms with Gasteiger partial charge in [-0.25, -0.2) is 4.98 Å². The van der Waals surface area contributed by atoms with E-state index in [9.17, 15) is 0 Å². The fraction of sp³-hybridized carbons (Fsp3) is 0.211. The summed E-state index contributed by atoms with van der Waals surface area (Å²) in [6.07, 6.45) is 0. The minimum atomic E-state index is 0.330. The van der Waals surface area contributed by atoms with Crippen molar-refractivity contribution in [1.29, 1.82) is 0 Å². The minimum Gasteiger partial charge on any atom is -0.496 e. The lowest BCUT2D eigenvalue weighted by Gasteiger charge is -2.14. The second-order valence-corrected chi connectivity index (χ2v) is 6.44. The predicted octanol–water partition coefficient (Wildman–Crippen LogP) is 5.75. The van der Waals surface area contributed by atoms with E-state index < -0.39 is 0 Å².